The van der Waals surface area contributed by atoms with E-state index >= 15 is 0 Å². The van der Waals surface area contributed by atoms with Gasteiger partial charge in [0.1, 0.15) is 11.8 Å². The molecule has 1 N–H and O–H groups in total. The summed E-state index contributed by atoms with van der Waals surface area (Å²) in [5.74, 6) is 0.332. The van der Waals surface area contributed by atoms with E-state index < -0.39 is 0 Å². The normalized spacial score (nSPS) is 21.8. The number of nitrogens with zero attached hydrogens (tertiary/aromatic N) is 3. The van der Waals surface area contributed by atoms with Crippen molar-refractivity contribution in [3.8, 4) is 6.07 Å². The zero-order chi connectivity index (χ0) is 11.5. The van der Waals surface area contributed by atoms with Gasteiger partial charge in [0.2, 0.25) is 0 Å². The van der Waals surface area contributed by atoms with Gasteiger partial charge in [0, 0.05) is 30.9 Å². The van der Waals surface area contributed by atoms with E-state index in [4.69, 9.17) is 5.26 Å². The van der Waals surface area contributed by atoms with Crippen molar-refractivity contribution in [3.63, 3.8) is 0 Å². The monoisotopic (exact) mass is 217 g/mol. The van der Waals surface area contributed by atoms with Crippen LogP contribution in [0, 0.1) is 17.2 Å². The second-order valence-electron chi connectivity index (χ2n) is 4.25. The maximum absolute atomic E-state index is 9.53. The van der Waals surface area contributed by atoms with E-state index in [1.165, 1.54) is 0 Å². The second kappa shape index (κ2) is 4.50. The van der Waals surface area contributed by atoms with Gasteiger partial charge in [-0.25, -0.2) is 4.98 Å². The minimum atomic E-state index is -0.262. The molecule has 1 aromatic heterocycles. The number of rotatable bonds is 2. The van der Waals surface area contributed by atoms with Gasteiger partial charge in [-0.15, -0.1) is 0 Å². The van der Waals surface area contributed by atoms with Gasteiger partial charge >= 0.3 is 0 Å². The highest BCUT2D eigenvalue weighted by atomic mass is 16.3. The van der Waals surface area contributed by atoms with Crippen LogP contribution in [0.4, 0.5) is 5.69 Å². The van der Waals surface area contributed by atoms with Crippen LogP contribution in [-0.4, -0.2) is 29.3 Å². The van der Waals surface area contributed by atoms with E-state index in [9.17, 15) is 5.11 Å². The lowest BCUT2D eigenvalue weighted by Crippen LogP contribution is -2.23. The molecule has 0 spiro atoms. The van der Waals surface area contributed by atoms with Gasteiger partial charge < -0.3 is 10.0 Å². The largest absolute Gasteiger partial charge is 0.393 e. The third kappa shape index (κ3) is 2.15. The van der Waals surface area contributed by atoms with Gasteiger partial charge in [-0.3, -0.25) is 0 Å². The summed E-state index contributed by atoms with van der Waals surface area (Å²) in [5, 5.41) is 18.3. The molecule has 2 rings (SSSR count). The quantitative estimate of drug-likeness (QED) is 0.807. The molecule has 1 aliphatic heterocycles. The third-order valence-electron chi connectivity index (χ3n) is 3.13. The summed E-state index contributed by atoms with van der Waals surface area (Å²) in [6.45, 7) is 3.62. The number of aliphatic hydroxyl groups is 1. The van der Waals surface area contributed by atoms with Crippen LogP contribution in [0.5, 0.6) is 0 Å². The summed E-state index contributed by atoms with van der Waals surface area (Å²) in [6, 6.07) is 5.74. The Morgan fingerprint density at radius 3 is 3.12 bits per heavy atom. The molecule has 1 aliphatic rings. The van der Waals surface area contributed by atoms with E-state index in [0.717, 1.165) is 25.2 Å². The van der Waals surface area contributed by atoms with E-state index in [1.807, 2.05) is 19.1 Å². The van der Waals surface area contributed by atoms with Gasteiger partial charge in [0.15, 0.2) is 0 Å². The van der Waals surface area contributed by atoms with Gasteiger partial charge in [-0.2, -0.15) is 5.26 Å². The number of nitriles is 1. The Morgan fingerprint density at radius 1 is 1.69 bits per heavy atom. The fourth-order valence-corrected chi connectivity index (χ4v) is 2.09. The fraction of sp³-hybridized carbons (Fsp3) is 0.500. The minimum Gasteiger partial charge on any atom is -0.393 e. The Hall–Kier alpha value is -1.60. The first-order valence-electron chi connectivity index (χ1n) is 5.50. The summed E-state index contributed by atoms with van der Waals surface area (Å²) in [4.78, 5) is 6.14. The Balaban J connectivity index is 2.12. The molecular formula is C12H15N3O. The molecule has 1 fully saturated rings. The predicted octanol–water partition coefficient (Wildman–Crippen LogP) is 1.16. The molecule has 84 valence electrons. The summed E-state index contributed by atoms with van der Waals surface area (Å²) >= 11 is 0. The van der Waals surface area contributed by atoms with Crippen LogP contribution < -0.4 is 4.90 Å². The Labute approximate surface area is 95.1 Å². The second-order valence-corrected chi connectivity index (χ2v) is 4.25. The van der Waals surface area contributed by atoms with Crippen LogP contribution in [0.2, 0.25) is 0 Å². The lowest BCUT2D eigenvalue weighted by atomic mass is 10.0. The van der Waals surface area contributed by atoms with Gasteiger partial charge in [-0.05, 0) is 25.5 Å². The predicted molar refractivity (Wildman–Crippen MR) is 61.0 cm³/mol. The smallest absolute Gasteiger partial charge is 0.142 e. The van der Waals surface area contributed by atoms with Crippen LogP contribution in [-0.2, 0) is 0 Å². The molecule has 0 radical (unpaired) electrons. The summed E-state index contributed by atoms with van der Waals surface area (Å²) in [7, 11) is 0. The van der Waals surface area contributed by atoms with Crippen molar-refractivity contribution in [2.45, 2.75) is 19.4 Å². The topological polar surface area (TPSA) is 60.1 Å². The number of anilines is 1. The summed E-state index contributed by atoms with van der Waals surface area (Å²) in [6.07, 6.45) is 2.40. The van der Waals surface area contributed by atoms with E-state index in [0.29, 0.717) is 11.6 Å². The van der Waals surface area contributed by atoms with Gasteiger partial charge in [0.05, 0.1) is 6.10 Å². The van der Waals surface area contributed by atoms with E-state index in [2.05, 4.69) is 9.88 Å². The lowest BCUT2D eigenvalue weighted by Gasteiger charge is -2.19. The number of hydrogen-bond donors (Lipinski definition) is 1. The molecule has 0 aromatic carbocycles. The first-order chi connectivity index (χ1) is 7.70. The van der Waals surface area contributed by atoms with Crippen LogP contribution in [0.3, 0.4) is 0 Å². The summed E-state index contributed by atoms with van der Waals surface area (Å²) < 4.78 is 0. The molecule has 2 atom stereocenters. The van der Waals surface area contributed by atoms with Crippen molar-refractivity contribution in [1.82, 2.24) is 4.98 Å². The van der Waals surface area contributed by atoms with Crippen LogP contribution in [0.15, 0.2) is 18.3 Å². The summed E-state index contributed by atoms with van der Waals surface area (Å²) in [5.41, 5.74) is 1.47. The molecule has 0 saturated carbocycles. The SMILES string of the molecule is CC(O)C1CCN(c2ccnc(C#N)c2)C1. The Bertz CT molecular complexity index is 411. The van der Waals surface area contributed by atoms with Crippen molar-refractivity contribution >= 4 is 5.69 Å². The highest BCUT2D eigenvalue weighted by Gasteiger charge is 2.26. The van der Waals surface area contributed by atoms with Crippen LogP contribution in [0.1, 0.15) is 19.0 Å². The highest BCUT2D eigenvalue weighted by molar-refractivity contribution is 5.49. The van der Waals surface area contributed by atoms with Crippen molar-refractivity contribution in [1.29, 1.82) is 5.26 Å². The third-order valence-corrected chi connectivity index (χ3v) is 3.13. The molecule has 2 unspecified atom stereocenters. The molecule has 4 heteroatoms. The van der Waals surface area contributed by atoms with Crippen molar-refractivity contribution in [3.05, 3.63) is 24.0 Å². The molecule has 2 heterocycles. The molecule has 0 aliphatic carbocycles. The zero-order valence-electron chi connectivity index (χ0n) is 9.30. The Morgan fingerprint density at radius 2 is 2.50 bits per heavy atom. The van der Waals surface area contributed by atoms with Crippen LogP contribution >= 0.6 is 0 Å². The van der Waals surface area contributed by atoms with E-state index in [1.54, 1.807) is 12.3 Å². The van der Waals surface area contributed by atoms with Crippen molar-refractivity contribution < 1.29 is 5.11 Å². The van der Waals surface area contributed by atoms with Gasteiger partial charge in [0.25, 0.3) is 0 Å². The Kier molecular flexibility index (Phi) is 3.07. The highest BCUT2D eigenvalue weighted by Crippen LogP contribution is 2.25. The first kappa shape index (κ1) is 10.9. The van der Waals surface area contributed by atoms with Gasteiger partial charge in [-0.1, -0.05) is 0 Å². The molecule has 16 heavy (non-hydrogen) atoms. The first-order valence-corrected chi connectivity index (χ1v) is 5.50. The number of pyridine rings is 1. The molecule has 0 amide bonds. The van der Waals surface area contributed by atoms with Crippen molar-refractivity contribution in [2.75, 3.05) is 18.0 Å². The molecule has 0 bridgehead atoms. The average Bonchev–Trinajstić information content (AvgIpc) is 2.78. The molecular weight excluding hydrogens is 202 g/mol. The standard InChI is InChI=1S/C12H15N3O/c1-9(16)10-3-5-15(8-10)12-2-4-14-11(6-12)7-13/h2,4,6,9-10,16H,3,5,8H2,1H3. The molecule has 1 aromatic rings. The van der Waals surface area contributed by atoms with E-state index in [-0.39, 0.29) is 6.10 Å². The molecule has 1 saturated heterocycles. The lowest BCUT2D eigenvalue weighted by molar-refractivity contribution is 0.136. The minimum absolute atomic E-state index is 0.262. The maximum atomic E-state index is 9.53. The zero-order valence-corrected chi connectivity index (χ0v) is 9.30. The van der Waals surface area contributed by atoms with Crippen LogP contribution in [0.25, 0.3) is 0 Å². The number of aromatic nitrogens is 1. The average molecular weight is 217 g/mol. The molecule has 4 nitrogen and oxygen atoms in total. The fourth-order valence-electron chi connectivity index (χ4n) is 2.09. The van der Waals surface area contributed by atoms with Crippen molar-refractivity contribution in [2.24, 2.45) is 5.92 Å². The number of hydrogen-bond acceptors (Lipinski definition) is 4. The number of aliphatic hydroxyl groups excluding tert-OH is 1. The maximum Gasteiger partial charge on any atom is 0.142 e.